The van der Waals surface area contributed by atoms with Crippen molar-refractivity contribution in [3.8, 4) is 0 Å². The molecule has 0 heterocycles. The quantitative estimate of drug-likeness (QED) is 0.848. The molecule has 2 N–H and O–H groups in total. The van der Waals surface area contributed by atoms with Gasteiger partial charge in [0.05, 0.1) is 11.0 Å². The van der Waals surface area contributed by atoms with Gasteiger partial charge in [0.25, 0.3) is 0 Å². The van der Waals surface area contributed by atoms with Crippen molar-refractivity contribution in [2.45, 2.75) is 32.8 Å². The highest BCUT2D eigenvalue weighted by Gasteiger charge is 2.45. The number of hydrogen-bond acceptors (Lipinski definition) is 2. The molecule has 0 bridgehead atoms. The van der Waals surface area contributed by atoms with Crippen LogP contribution in [0, 0.1) is 11.2 Å². The van der Waals surface area contributed by atoms with Gasteiger partial charge < -0.3 is 10.2 Å². The predicted molar refractivity (Wildman–Crippen MR) is 62.1 cm³/mol. The molecule has 0 aliphatic rings. The van der Waals surface area contributed by atoms with Crippen LogP contribution in [0.25, 0.3) is 0 Å². The summed E-state index contributed by atoms with van der Waals surface area (Å²) in [6.45, 7) is 4.36. The van der Waals surface area contributed by atoms with Crippen molar-refractivity contribution in [2.75, 3.05) is 0 Å². The minimum atomic E-state index is -1.45. The SMILES string of the molecule is CC(O)(Cc1cccc(F)c1)C(C)(C)C(=O)O. The van der Waals surface area contributed by atoms with Gasteiger partial charge in [-0.1, -0.05) is 12.1 Å². The van der Waals surface area contributed by atoms with E-state index in [9.17, 15) is 14.3 Å². The molecule has 1 aromatic rings. The van der Waals surface area contributed by atoms with Gasteiger partial charge in [-0.25, -0.2) is 4.39 Å². The molecule has 94 valence electrons. The first-order valence-electron chi connectivity index (χ1n) is 5.37. The lowest BCUT2D eigenvalue weighted by atomic mass is 9.73. The van der Waals surface area contributed by atoms with Crippen LogP contribution in [0.4, 0.5) is 4.39 Å². The number of benzene rings is 1. The Morgan fingerprint density at radius 1 is 1.35 bits per heavy atom. The largest absolute Gasteiger partial charge is 0.481 e. The van der Waals surface area contributed by atoms with Crippen molar-refractivity contribution >= 4 is 5.97 Å². The fraction of sp³-hybridized carbons (Fsp3) is 0.462. The van der Waals surface area contributed by atoms with Crippen LogP contribution >= 0.6 is 0 Å². The summed E-state index contributed by atoms with van der Waals surface area (Å²) < 4.78 is 13.0. The second kappa shape index (κ2) is 4.45. The maximum atomic E-state index is 13.0. The third kappa shape index (κ3) is 2.82. The standard InChI is InChI=1S/C13H17FO3/c1-12(2,11(15)16)13(3,17)8-9-5-4-6-10(14)7-9/h4-7,17H,8H2,1-3H3,(H,15,16). The smallest absolute Gasteiger partial charge is 0.312 e. The van der Waals surface area contributed by atoms with Gasteiger partial charge >= 0.3 is 5.97 Å². The number of aliphatic carboxylic acids is 1. The number of halogens is 1. The predicted octanol–water partition coefficient (Wildman–Crippen LogP) is 2.23. The second-order valence-corrected chi connectivity index (χ2v) is 5.01. The number of carboxylic acids is 1. The minimum absolute atomic E-state index is 0.0874. The average molecular weight is 240 g/mol. The summed E-state index contributed by atoms with van der Waals surface area (Å²) in [5.41, 5.74) is -2.18. The van der Waals surface area contributed by atoms with E-state index < -0.39 is 22.8 Å². The lowest BCUT2D eigenvalue weighted by molar-refractivity contribution is -0.162. The minimum Gasteiger partial charge on any atom is -0.481 e. The van der Waals surface area contributed by atoms with Crippen LogP contribution in [0.5, 0.6) is 0 Å². The molecule has 1 atom stereocenters. The van der Waals surface area contributed by atoms with Crippen LogP contribution in [-0.2, 0) is 11.2 Å². The normalized spacial score (nSPS) is 15.4. The Morgan fingerprint density at radius 2 is 1.94 bits per heavy atom. The summed E-state index contributed by atoms with van der Waals surface area (Å²) in [6.07, 6.45) is 0.0874. The average Bonchev–Trinajstić information content (AvgIpc) is 2.16. The van der Waals surface area contributed by atoms with Gasteiger partial charge in [-0.05, 0) is 38.5 Å². The van der Waals surface area contributed by atoms with Crippen molar-refractivity contribution in [2.24, 2.45) is 5.41 Å². The molecule has 1 unspecified atom stereocenters. The topological polar surface area (TPSA) is 57.5 Å². The Hall–Kier alpha value is -1.42. The molecule has 0 spiro atoms. The first kappa shape index (κ1) is 13.6. The molecule has 0 radical (unpaired) electrons. The van der Waals surface area contributed by atoms with Crippen molar-refractivity contribution in [1.29, 1.82) is 0 Å². The van der Waals surface area contributed by atoms with Crippen LogP contribution in [0.3, 0.4) is 0 Å². The zero-order valence-corrected chi connectivity index (χ0v) is 10.2. The van der Waals surface area contributed by atoms with E-state index in [2.05, 4.69) is 0 Å². The maximum Gasteiger partial charge on any atom is 0.312 e. The number of aliphatic hydroxyl groups is 1. The Morgan fingerprint density at radius 3 is 2.41 bits per heavy atom. The fourth-order valence-electron chi connectivity index (χ4n) is 1.50. The van der Waals surface area contributed by atoms with Crippen molar-refractivity contribution < 1.29 is 19.4 Å². The first-order valence-corrected chi connectivity index (χ1v) is 5.37. The van der Waals surface area contributed by atoms with Gasteiger partial charge in [0.15, 0.2) is 0 Å². The van der Waals surface area contributed by atoms with E-state index in [1.54, 1.807) is 6.07 Å². The number of hydrogen-bond donors (Lipinski definition) is 2. The monoisotopic (exact) mass is 240 g/mol. The summed E-state index contributed by atoms with van der Waals surface area (Å²) >= 11 is 0. The van der Waals surface area contributed by atoms with Crippen molar-refractivity contribution in [1.82, 2.24) is 0 Å². The van der Waals surface area contributed by atoms with Crippen molar-refractivity contribution in [3.63, 3.8) is 0 Å². The third-order valence-electron chi connectivity index (χ3n) is 3.32. The maximum absolute atomic E-state index is 13.0. The van der Waals surface area contributed by atoms with Gasteiger partial charge in [0.1, 0.15) is 5.82 Å². The molecule has 1 rings (SSSR count). The summed E-state index contributed by atoms with van der Waals surface area (Å²) in [7, 11) is 0. The van der Waals surface area contributed by atoms with Crippen LogP contribution in [0.15, 0.2) is 24.3 Å². The van der Waals surface area contributed by atoms with E-state index in [0.717, 1.165) is 0 Å². The zero-order chi connectivity index (χ0) is 13.3. The number of carbonyl (C=O) groups is 1. The summed E-state index contributed by atoms with van der Waals surface area (Å²) in [6, 6.07) is 5.80. The van der Waals surface area contributed by atoms with Gasteiger partial charge in [-0.3, -0.25) is 4.79 Å². The molecule has 0 aliphatic heterocycles. The first-order chi connectivity index (χ1) is 7.67. The van der Waals surface area contributed by atoms with E-state index >= 15 is 0 Å². The molecule has 3 nitrogen and oxygen atoms in total. The van der Waals surface area contributed by atoms with E-state index in [4.69, 9.17) is 5.11 Å². The van der Waals surface area contributed by atoms with E-state index in [1.807, 2.05) is 0 Å². The highest BCUT2D eigenvalue weighted by Crippen LogP contribution is 2.34. The Labute approximate surface area is 99.9 Å². The molecule has 1 aromatic carbocycles. The highest BCUT2D eigenvalue weighted by molar-refractivity contribution is 5.75. The molecule has 0 amide bonds. The summed E-state index contributed by atoms with van der Waals surface area (Å²) in [5, 5.41) is 19.3. The Kier molecular flexibility index (Phi) is 3.57. The second-order valence-electron chi connectivity index (χ2n) is 5.01. The lowest BCUT2D eigenvalue weighted by Gasteiger charge is -2.36. The van der Waals surface area contributed by atoms with Crippen molar-refractivity contribution in [3.05, 3.63) is 35.6 Å². The fourth-order valence-corrected chi connectivity index (χ4v) is 1.50. The van der Waals surface area contributed by atoms with Crippen LogP contribution in [0.2, 0.25) is 0 Å². The Balaban J connectivity index is 2.97. The molecular formula is C13H17FO3. The number of rotatable bonds is 4. The molecule has 0 saturated heterocycles. The molecular weight excluding hydrogens is 223 g/mol. The van der Waals surface area contributed by atoms with Crippen LogP contribution in [0.1, 0.15) is 26.3 Å². The molecule has 17 heavy (non-hydrogen) atoms. The molecule has 0 aromatic heterocycles. The zero-order valence-electron chi connectivity index (χ0n) is 10.2. The molecule has 0 saturated carbocycles. The van der Waals surface area contributed by atoms with Crippen LogP contribution in [-0.4, -0.2) is 21.8 Å². The lowest BCUT2D eigenvalue weighted by Crippen LogP contribution is -2.48. The molecule has 4 heteroatoms. The summed E-state index contributed by atoms with van der Waals surface area (Å²) in [5.74, 6) is -1.48. The van der Waals surface area contributed by atoms with Gasteiger partial charge in [0, 0.05) is 6.42 Å². The Bertz CT molecular complexity index is 424. The highest BCUT2D eigenvalue weighted by atomic mass is 19.1. The van der Waals surface area contributed by atoms with E-state index in [1.165, 1.54) is 39.0 Å². The van der Waals surface area contributed by atoms with Gasteiger partial charge in [-0.2, -0.15) is 0 Å². The van der Waals surface area contributed by atoms with Gasteiger partial charge in [-0.15, -0.1) is 0 Å². The third-order valence-corrected chi connectivity index (χ3v) is 3.32. The van der Waals surface area contributed by atoms with Gasteiger partial charge in [0.2, 0.25) is 0 Å². The molecule has 0 fully saturated rings. The van der Waals surface area contributed by atoms with E-state index in [0.29, 0.717) is 5.56 Å². The molecule has 0 aliphatic carbocycles. The number of carboxylic acid groups (broad SMARTS) is 1. The summed E-state index contributed by atoms with van der Waals surface area (Å²) in [4.78, 5) is 11.1. The van der Waals surface area contributed by atoms with E-state index in [-0.39, 0.29) is 6.42 Å². The van der Waals surface area contributed by atoms with Crippen LogP contribution < -0.4 is 0 Å².